The first-order valence-electron chi connectivity index (χ1n) is 9.84. The van der Waals surface area contributed by atoms with E-state index in [0.29, 0.717) is 0 Å². The molecule has 33 heavy (non-hydrogen) atoms. The van der Waals surface area contributed by atoms with E-state index in [1.54, 1.807) is 11.8 Å². The number of halogens is 6. The molecule has 4 rings (SSSR count). The Labute approximate surface area is 187 Å². The van der Waals surface area contributed by atoms with Crippen LogP contribution >= 0.6 is 0 Å². The minimum Gasteiger partial charge on any atom is -0.453 e. The molecule has 4 atom stereocenters. The van der Waals surface area contributed by atoms with Gasteiger partial charge in [0.25, 0.3) is 0 Å². The molecular weight excluding hydrogens is 476 g/mol. The van der Waals surface area contributed by atoms with Gasteiger partial charge in [0.05, 0.1) is 40.9 Å². The molecule has 1 saturated heterocycles. The number of hydrogen-bond donors (Lipinski definition) is 0. The Bertz CT molecular complexity index is 1010. The van der Waals surface area contributed by atoms with Crippen molar-refractivity contribution in [1.29, 1.82) is 0 Å². The Morgan fingerprint density at radius 2 is 1.55 bits per heavy atom. The van der Waals surface area contributed by atoms with Gasteiger partial charge in [0.1, 0.15) is 6.10 Å². The molecule has 2 aromatic carbocycles. The second kappa shape index (κ2) is 8.48. The van der Waals surface area contributed by atoms with Gasteiger partial charge < -0.3 is 14.4 Å². The van der Waals surface area contributed by atoms with Crippen molar-refractivity contribution in [2.45, 2.75) is 31.4 Å². The fraction of sp³-hybridized carbons (Fsp3) is 0.429. The van der Waals surface area contributed by atoms with E-state index in [1.807, 2.05) is 0 Å². The van der Waals surface area contributed by atoms with Gasteiger partial charge in [0, 0.05) is 7.11 Å². The lowest BCUT2D eigenvalue weighted by atomic mass is 9.96. The van der Waals surface area contributed by atoms with Gasteiger partial charge in [-0.3, -0.25) is 4.18 Å². The maximum Gasteiger partial charge on any atom is 0.416 e. The summed E-state index contributed by atoms with van der Waals surface area (Å²) in [5.41, 5.74) is -1.62. The van der Waals surface area contributed by atoms with Crippen LogP contribution < -0.4 is 9.64 Å². The van der Waals surface area contributed by atoms with Crippen LogP contribution in [-0.2, 0) is 32.4 Å². The van der Waals surface area contributed by atoms with Crippen molar-refractivity contribution >= 4 is 22.5 Å². The van der Waals surface area contributed by atoms with E-state index in [-0.39, 0.29) is 41.2 Å². The lowest BCUT2D eigenvalue weighted by Crippen LogP contribution is -2.47. The van der Waals surface area contributed by atoms with Crippen LogP contribution in [0.25, 0.3) is 0 Å². The summed E-state index contributed by atoms with van der Waals surface area (Å²) in [5, 5.41) is 0. The van der Waals surface area contributed by atoms with Crippen LogP contribution in [0.15, 0.2) is 36.4 Å². The first kappa shape index (κ1) is 23.8. The SMILES string of the molecule is COC[C@@H]([C@H]1OS(=O)C[C@H]1C)N1c2ccc(C(F)(F)F)cc2Oc2cc(C(F)(F)F)ccc21. The molecule has 2 aromatic rings. The predicted molar refractivity (Wildman–Crippen MR) is 108 cm³/mol. The number of hydrogen-bond acceptors (Lipinski definition) is 5. The highest BCUT2D eigenvalue weighted by Gasteiger charge is 2.44. The summed E-state index contributed by atoms with van der Waals surface area (Å²) in [7, 11) is 1.41. The normalized spacial score (nSPS) is 23.6. The molecule has 2 aliphatic rings. The van der Waals surface area contributed by atoms with E-state index in [9.17, 15) is 30.6 Å². The summed E-state index contributed by atoms with van der Waals surface area (Å²) >= 11 is -1.57. The van der Waals surface area contributed by atoms with E-state index in [2.05, 4.69) is 0 Å². The summed E-state index contributed by atoms with van der Waals surface area (Å²) in [4.78, 5) is 1.54. The fourth-order valence-electron chi connectivity index (χ4n) is 4.05. The highest BCUT2D eigenvalue weighted by atomic mass is 32.2. The number of fused-ring (bicyclic) bond motifs is 2. The van der Waals surface area contributed by atoms with Crippen LogP contribution in [0, 0.1) is 5.92 Å². The number of ether oxygens (including phenoxy) is 2. The third-order valence-corrected chi connectivity index (χ3v) is 6.77. The fourth-order valence-corrected chi connectivity index (χ4v) is 5.31. The standard InChI is InChI=1S/C21H19F6NO4S/c1-11-10-33(29)32-19(11)16(9-30-2)28-14-5-3-12(20(22,23)24)7-17(14)31-18-8-13(21(25,26)27)4-6-15(18)28/h3-8,11,16,19H,9-10H2,1-2H3/t11-,16+,19+,33?/m1/s1. The molecule has 0 amide bonds. The molecule has 12 heteroatoms. The number of alkyl halides is 6. The van der Waals surface area contributed by atoms with E-state index >= 15 is 0 Å². The maximum absolute atomic E-state index is 13.3. The monoisotopic (exact) mass is 495 g/mol. The maximum atomic E-state index is 13.3. The molecule has 0 saturated carbocycles. The molecule has 2 heterocycles. The molecule has 0 bridgehead atoms. The van der Waals surface area contributed by atoms with Gasteiger partial charge in [-0.2, -0.15) is 26.3 Å². The van der Waals surface area contributed by atoms with Crippen molar-refractivity contribution in [1.82, 2.24) is 0 Å². The summed E-state index contributed by atoms with van der Waals surface area (Å²) < 4.78 is 108. The molecule has 0 spiro atoms. The van der Waals surface area contributed by atoms with Crippen LogP contribution in [0.1, 0.15) is 18.1 Å². The lowest BCUT2D eigenvalue weighted by molar-refractivity contribution is -0.138. The minimum atomic E-state index is -4.68. The van der Waals surface area contributed by atoms with Gasteiger partial charge in [-0.25, -0.2) is 4.21 Å². The molecule has 0 aromatic heterocycles. The summed E-state index contributed by atoms with van der Waals surface area (Å²) in [5.74, 6) is -0.478. The number of methoxy groups -OCH3 is 1. The molecule has 2 aliphatic heterocycles. The van der Waals surface area contributed by atoms with Gasteiger partial charge in [-0.05, 0) is 42.3 Å². The lowest BCUT2D eigenvalue weighted by Gasteiger charge is -2.41. The Hall–Kier alpha value is -2.31. The zero-order chi connectivity index (χ0) is 24.1. The molecule has 0 radical (unpaired) electrons. The summed E-state index contributed by atoms with van der Waals surface area (Å²) in [6.45, 7) is 1.81. The third-order valence-electron chi connectivity index (χ3n) is 5.54. The van der Waals surface area contributed by atoms with E-state index in [4.69, 9.17) is 13.7 Å². The van der Waals surface area contributed by atoms with Gasteiger partial charge in [-0.15, -0.1) is 0 Å². The van der Waals surface area contributed by atoms with Crippen molar-refractivity contribution in [3.8, 4) is 11.5 Å². The quantitative estimate of drug-likeness (QED) is 0.511. The van der Waals surface area contributed by atoms with Gasteiger partial charge >= 0.3 is 12.4 Å². The van der Waals surface area contributed by atoms with Crippen molar-refractivity contribution in [3.05, 3.63) is 47.5 Å². The van der Waals surface area contributed by atoms with Crippen LogP contribution in [0.3, 0.4) is 0 Å². The average molecular weight is 495 g/mol. The molecule has 1 fully saturated rings. The van der Waals surface area contributed by atoms with E-state index in [0.717, 1.165) is 24.3 Å². The predicted octanol–water partition coefficient (Wildman–Crippen LogP) is 5.68. The Morgan fingerprint density at radius 3 is 1.94 bits per heavy atom. The van der Waals surface area contributed by atoms with Crippen molar-refractivity contribution in [2.75, 3.05) is 24.4 Å². The van der Waals surface area contributed by atoms with Gasteiger partial charge in [0.2, 0.25) is 0 Å². The average Bonchev–Trinajstić information content (AvgIpc) is 3.06. The molecule has 5 nitrogen and oxygen atoms in total. The first-order valence-corrected chi connectivity index (χ1v) is 11.1. The Morgan fingerprint density at radius 1 is 1.03 bits per heavy atom. The zero-order valence-electron chi connectivity index (χ0n) is 17.4. The van der Waals surface area contributed by atoms with Gasteiger partial charge in [0.15, 0.2) is 22.6 Å². The number of anilines is 2. The zero-order valence-corrected chi connectivity index (χ0v) is 18.2. The summed E-state index contributed by atoms with van der Waals surface area (Å²) in [6.07, 6.45) is -10.0. The number of rotatable bonds is 4. The van der Waals surface area contributed by atoms with Crippen LogP contribution in [0.4, 0.5) is 37.7 Å². The van der Waals surface area contributed by atoms with Crippen LogP contribution in [0.5, 0.6) is 11.5 Å². The Balaban J connectivity index is 1.89. The van der Waals surface area contributed by atoms with Crippen molar-refractivity contribution < 1.29 is 44.2 Å². The molecule has 0 aliphatic carbocycles. The molecule has 0 N–H and O–H groups in total. The van der Waals surface area contributed by atoms with Crippen LogP contribution in [0.2, 0.25) is 0 Å². The van der Waals surface area contributed by atoms with E-state index in [1.165, 1.54) is 19.2 Å². The van der Waals surface area contributed by atoms with Gasteiger partial charge in [-0.1, -0.05) is 6.92 Å². The number of nitrogens with zero attached hydrogens (tertiary/aromatic N) is 1. The van der Waals surface area contributed by atoms with Crippen molar-refractivity contribution in [2.24, 2.45) is 5.92 Å². The molecule has 1 unspecified atom stereocenters. The molecular formula is C21H19F6NO4S. The second-order valence-corrected chi connectivity index (χ2v) is 9.00. The number of benzene rings is 2. The smallest absolute Gasteiger partial charge is 0.416 e. The van der Waals surface area contributed by atoms with E-state index < -0.39 is 46.7 Å². The van der Waals surface area contributed by atoms with Crippen molar-refractivity contribution in [3.63, 3.8) is 0 Å². The Kier molecular flexibility index (Phi) is 6.12. The third kappa shape index (κ3) is 4.56. The largest absolute Gasteiger partial charge is 0.453 e. The highest BCUT2D eigenvalue weighted by molar-refractivity contribution is 7.80. The summed E-state index contributed by atoms with van der Waals surface area (Å²) in [6, 6.07) is 4.90. The van der Waals surface area contributed by atoms with Crippen LogP contribution in [-0.4, -0.2) is 35.8 Å². The topological polar surface area (TPSA) is 48.0 Å². The first-order chi connectivity index (χ1) is 15.4. The highest BCUT2D eigenvalue weighted by Crippen LogP contribution is 2.51. The second-order valence-electron chi connectivity index (χ2n) is 7.86. The molecule has 180 valence electrons. The minimum absolute atomic E-state index is 0.00707.